The normalized spacial score (nSPS) is 15.8. The van der Waals surface area contributed by atoms with Crippen molar-refractivity contribution in [3.8, 4) is 0 Å². The number of nitrogens with zero attached hydrogens (tertiary/aromatic N) is 1. The zero-order chi connectivity index (χ0) is 18.7. The van der Waals surface area contributed by atoms with E-state index >= 15 is 0 Å². The Balaban J connectivity index is 1.58. The average Bonchev–Trinajstić information content (AvgIpc) is 2.61. The minimum atomic E-state index is -3.25. The van der Waals surface area contributed by atoms with Gasteiger partial charge in [0.2, 0.25) is 0 Å². The van der Waals surface area contributed by atoms with Crippen LogP contribution in [0.2, 0.25) is 5.02 Å². The minimum absolute atomic E-state index is 0.0492. The summed E-state index contributed by atoms with van der Waals surface area (Å²) in [5.41, 5.74) is 1.72. The van der Waals surface area contributed by atoms with Gasteiger partial charge >= 0.3 is 0 Å². The first-order valence-corrected chi connectivity index (χ1v) is 10.8. The molecule has 1 heterocycles. The van der Waals surface area contributed by atoms with E-state index in [0.29, 0.717) is 18.7 Å². The number of carbonyl (C=O) groups excluding carboxylic acids is 1. The summed E-state index contributed by atoms with van der Waals surface area (Å²) in [5.74, 6) is -0.0492. The van der Waals surface area contributed by atoms with Crippen molar-refractivity contribution in [1.82, 2.24) is 4.90 Å². The Morgan fingerprint density at radius 3 is 2.35 bits per heavy atom. The number of rotatable bonds is 4. The van der Waals surface area contributed by atoms with E-state index in [4.69, 9.17) is 11.6 Å². The average molecular weight is 394 g/mol. The van der Waals surface area contributed by atoms with Gasteiger partial charge in [-0.05, 0) is 36.4 Å². The first-order valence-electron chi connectivity index (χ1n) is 8.50. The molecule has 2 aromatic rings. The van der Waals surface area contributed by atoms with E-state index in [2.05, 4.69) is 6.07 Å². The van der Waals surface area contributed by atoms with Crippen molar-refractivity contribution in [1.29, 1.82) is 0 Å². The summed E-state index contributed by atoms with van der Waals surface area (Å²) in [4.78, 5) is 16.1. The number of halogens is 1. The molecule has 1 saturated heterocycles. The lowest BCUT2D eigenvalue weighted by Crippen LogP contribution is -3.13. The van der Waals surface area contributed by atoms with Gasteiger partial charge in [-0.3, -0.25) is 4.79 Å². The molecule has 3 rings (SSSR count). The number of piperazine rings is 1. The third-order valence-corrected chi connectivity index (χ3v) is 5.99. The summed E-state index contributed by atoms with van der Waals surface area (Å²) in [6, 6.07) is 14.0. The van der Waals surface area contributed by atoms with Crippen LogP contribution in [0, 0.1) is 0 Å². The van der Waals surface area contributed by atoms with E-state index in [9.17, 15) is 13.2 Å². The van der Waals surface area contributed by atoms with Crippen LogP contribution in [0.1, 0.15) is 15.9 Å². The maximum absolute atomic E-state index is 12.6. The number of hydrogen-bond donors (Lipinski definition) is 1. The van der Waals surface area contributed by atoms with Gasteiger partial charge in [-0.15, -0.1) is 0 Å². The lowest BCUT2D eigenvalue weighted by Gasteiger charge is -2.32. The number of hydrogen-bond acceptors (Lipinski definition) is 3. The molecule has 1 fully saturated rings. The van der Waals surface area contributed by atoms with Gasteiger partial charge in [0.05, 0.1) is 31.1 Å². The van der Waals surface area contributed by atoms with Crippen LogP contribution in [0.5, 0.6) is 0 Å². The lowest BCUT2D eigenvalue weighted by atomic mass is 10.1. The van der Waals surface area contributed by atoms with Crippen LogP contribution in [-0.2, 0) is 16.4 Å². The van der Waals surface area contributed by atoms with E-state index in [1.54, 1.807) is 12.1 Å². The van der Waals surface area contributed by atoms with Gasteiger partial charge in [0, 0.05) is 22.4 Å². The molecule has 7 heteroatoms. The molecule has 0 radical (unpaired) electrons. The van der Waals surface area contributed by atoms with Gasteiger partial charge in [0.15, 0.2) is 9.84 Å². The first-order chi connectivity index (χ1) is 12.3. The van der Waals surface area contributed by atoms with Crippen molar-refractivity contribution in [3.05, 3.63) is 64.7 Å². The summed E-state index contributed by atoms with van der Waals surface area (Å²) in [7, 11) is -3.25. The van der Waals surface area contributed by atoms with Crippen molar-refractivity contribution in [2.45, 2.75) is 11.4 Å². The number of quaternary nitrogens is 1. The molecule has 1 aliphatic heterocycles. The molecule has 0 spiro atoms. The van der Waals surface area contributed by atoms with Gasteiger partial charge in [0.25, 0.3) is 5.91 Å². The fourth-order valence-corrected chi connectivity index (χ4v) is 4.01. The van der Waals surface area contributed by atoms with E-state index in [1.165, 1.54) is 22.6 Å². The van der Waals surface area contributed by atoms with E-state index < -0.39 is 9.84 Å². The number of nitrogens with one attached hydrogen (secondary N) is 1. The zero-order valence-electron chi connectivity index (χ0n) is 14.6. The fourth-order valence-electron chi connectivity index (χ4n) is 3.17. The van der Waals surface area contributed by atoms with Crippen molar-refractivity contribution in [2.75, 3.05) is 32.4 Å². The maximum atomic E-state index is 12.6. The quantitative estimate of drug-likeness (QED) is 0.851. The number of benzene rings is 2. The second-order valence-corrected chi connectivity index (χ2v) is 9.10. The van der Waals surface area contributed by atoms with Crippen LogP contribution in [0.25, 0.3) is 0 Å². The van der Waals surface area contributed by atoms with Gasteiger partial charge in [-0.2, -0.15) is 0 Å². The van der Waals surface area contributed by atoms with Gasteiger partial charge in [-0.1, -0.05) is 23.7 Å². The van der Waals surface area contributed by atoms with Gasteiger partial charge in [-0.25, -0.2) is 8.42 Å². The van der Waals surface area contributed by atoms with Crippen molar-refractivity contribution in [2.24, 2.45) is 0 Å². The number of sulfone groups is 1. The molecular weight excluding hydrogens is 372 g/mol. The first kappa shape index (κ1) is 18.9. The largest absolute Gasteiger partial charge is 0.328 e. The summed E-state index contributed by atoms with van der Waals surface area (Å²) < 4.78 is 23.0. The predicted octanol–water partition coefficient (Wildman–Crippen LogP) is 1.28. The Morgan fingerprint density at radius 2 is 1.77 bits per heavy atom. The molecule has 0 aliphatic carbocycles. The SMILES string of the molecule is CS(=O)(=O)c1ccc(C(=O)N2CC[NH+](Cc3cccc(Cl)c3)CC2)cc1. The second kappa shape index (κ2) is 7.78. The Labute approximate surface area is 159 Å². The molecule has 0 saturated carbocycles. The van der Waals surface area contributed by atoms with Crippen LogP contribution >= 0.6 is 11.6 Å². The van der Waals surface area contributed by atoms with Crippen LogP contribution in [0.3, 0.4) is 0 Å². The highest BCUT2D eigenvalue weighted by atomic mass is 35.5. The molecule has 5 nitrogen and oxygen atoms in total. The van der Waals surface area contributed by atoms with E-state index in [-0.39, 0.29) is 10.8 Å². The van der Waals surface area contributed by atoms with Gasteiger partial charge in [0.1, 0.15) is 6.54 Å². The van der Waals surface area contributed by atoms with Crippen LogP contribution in [0.4, 0.5) is 0 Å². The molecule has 138 valence electrons. The Morgan fingerprint density at radius 1 is 1.12 bits per heavy atom. The van der Waals surface area contributed by atoms with Crippen molar-refractivity contribution >= 4 is 27.3 Å². The summed E-state index contributed by atoms with van der Waals surface area (Å²) in [6.45, 7) is 4.01. The van der Waals surface area contributed by atoms with Crippen molar-refractivity contribution < 1.29 is 18.1 Å². The molecule has 2 aromatic carbocycles. The molecule has 26 heavy (non-hydrogen) atoms. The molecule has 1 amide bonds. The summed E-state index contributed by atoms with van der Waals surface area (Å²) >= 11 is 6.03. The Bertz CT molecular complexity index is 889. The zero-order valence-corrected chi connectivity index (χ0v) is 16.2. The standard InChI is InChI=1S/C19H21ClN2O3S/c1-26(24,25)18-7-5-16(6-8-18)19(23)22-11-9-21(10-12-22)14-15-3-2-4-17(20)13-15/h2-8,13H,9-12,14H2,1H3/p+1. The fraction of sp³-hybridized carbons (Fsp3) is 0.316. The topological polar surface area (TPSA) is 58.9 Å². The molecule has 0 atom stereocenters. The smallest absolute Gasteiger partial charge is 0.254 e. The second-order valence-electron chi connectivity index (χ2n) is 6.65. The molecule has 0 bridgehead atoms. The highest BCUT2D eigenvalue weighted by Gasteiger charge is 2.24. The number of amides is 1. The van der Waals surface area contributed by atoms with Gasteiger partial charge < -0.3 is 9.80 Å². The third-order valence-electron chi connectivity index (χ3n) is 4.63. The minimum Gasteiger partial charge on any atom is -0.328 e. The van der Waals surface area contributed by atoms with Crippen LogP contribution < -0.4 is 4.90 Å². The highest BCUT2D eigenvalue weighted by Crippen LogP contribution is 2.13. The summed E-state index contributed by atoms with van der Waals surface area (Å²) in [6.07, 6.45) is 1.16. The Kier molecular flexibility index (Phi) is 5.65. The molecule has 0 unspecified atom stereocenters. The lowest BCUT2D eigenvalue weighted by molar-refractivity contribution is -0.917. The summed E-state index contributed by atoms with van der Waals surface area (Å²) in [5, 5.41) is 0.744. The predicted molar refractivity (Wildman–Crippen MR) is 101 cm³/mol. The number of carbonyl (C=O) groups is 1. The van der Waals surface area contributed by atoms with E-state index in [0.717, 1.165) is 30.9 Å². The molecule has 1 N–H and O–H groups in total. The van der Waals surface area contributed by atoms with Crippen LogP contribution in [0.15, 0.2) is 53.4 Å². The molecule has 1 aliphatic rings. The molecule has 0 aromatic heterocycles. The Hall–Kier alpha value is -1.89. The van der Waals surface area contributed by atoms with Crippen LogP contribution in [-0.4, -0.2) is 51.7 Å². The van der Waals surface area contributed by atoms with Crippen molar-refractivity contribution in [3.63, 3.8) is 0 Å². The molecular formula is C19H22ClN2O3S+. The maximum Gasteiger partial charge on any atom is 0.254 e. The highest BCUT2D eigenvalue weighted by molar-refractivity contribution is 7.90. The third kappa shape index (κ3) is 4.63. The van der Waals surface area contributed by atoms with E-state index in [1.807, 2.05) is 23.1 Å². The monoisotopic (exact) mass is 393 g/mol.